The predicted octanol–water partition coefficient (Wildman–Crippen LogP) is 4.90. The van der Waals surface area contributed by atoms with E-state index in [1.807, 2.05) is 16.9 Å². The Morgan fingerprint density at radius 1 is 1.09 bits per heavy atom. The predicted molar refractivity (Wildman–Crippen MR) is 116 cm³/mol. The van der Waals surface area contributed by atoms with Crippen LogP contribution in [-0.4, -0.2) is 27.4 Å². The molecule has 1 amide bonds. The van der Waals surface area contributed by atoms with Gasteiger partial charge in [0.2, 0.25) is 5.91 Å². The van der Waals surface area contributed by atoms with Gasteiger partial charge in [-0.05, 0) is 73.6 Å². The van der Waals surface area contributed by atoms with Gasteiger partial charge >= 0.3 is 0 Å². The number of fused-ring (bicyclic) bond motifs is 1. The Balaban J connectivity index is 1.22. The number of carbonyl (C=O) groups is 1. The molecule has 8 heteroatoms. The molecule has 1 aliphatic heterocycles. The molecule has 1 saturated carbocycles. The van der Waals surface area contributed by atoms with Gasteiger partial charge in [0.25, 0.3) is 0 Å². The average molecular weight is 450 g/mol. The molecule has 1 aliphatic carbocycles. The fourth-order valence-corrected chi connectivity index (χ4v) is 5.04. The average Bonchev–Trinajstić information content (AvgIpc) is 3.45. The lowest BCUT2D eigenvalue weighted by atomic mass is 9.81. The third kappa shape index (κ3) is 4.46. The van der Waals surface area contributed by atoms with Gasteiger partial charge in [-0.25, -0.2) is 13.8 Å². The van der Waals surface area contributed by atoms with E-state index in [9.17, 15) is 13.6 Å². The summed E-state index contributed by atoms with van der Waals surface area (Å²) in [4.78, 5) is 18.9. The lowest BCUT2D eigenvalue weighted by Gasteiger charge is -2.32. The molecule has 2 heterocycles. The Hall–Kier alpha value is -3.31. The van der Waals surface area contributed by atoms with Crippen LogP contribution in [0.2, 0.25) is 0 Å². The molecule has 2 fully saturated rings. The molecule has 1 atom stereocenters. The van der Waals surface area contributed by atoms with Gasteiger partial charge in [0.15, 0.2) is 0 Å². The fourth-order valence-electron chi connectivity index (χ4n) is 5.04. The summed E-state index contributed by atoms with van der Waals surface area (Å²) in [6, 6.07) is 10.3. The molecule has 0 bridgehead atoms. The SMILES string of the molecule is N#Cc1cc(F)cc([C@@H]2CCON2C(=O)[C@H]2CC[C@H](Cn3cc4cc(F)ccc4n3)CC2)c1. The lowest BCUT2D eigenvalue weighted by Crippen LogP contribution is -2.37. The third-order valence-electron chi connectivity index (χ3n) is 6.71. The zero-order valence-electron chi connectivity index (χ0n) is 18.1. The summed E-state index contributed by atoms with van der Waals surface area (Å²) in [7, 11) is 0. The maximum Gasteiger partial charge on any atom is 0.249 e. The number of carbonyl (C=O) groups excluding carboxylic acids is 1. The molecule has 0 spiro atoms. The molecule has 3 aromatic rings. The minimum absolute atomic E-state index is 0.0704. The van der Waals surface area contributed by atoms with Crippen LogP contribution in [0.15, 0.2) is 42.6 Å². The molecular weight excluding hydrogens is 426 g/mol. The van der Waals surface area contributed by atoms with Gasteiger partial charge in [-0.2, -0.15) is 10.4 Å². The van der Waals surface area contributed by atoms with Gasteiger partial charge in [0.05, 0.1) is 29.8 Å². The van der Waals surface area contributed by atoms with Crippen molar-refractivity contribution in [2.24, 2.45) is 11.8 Å². The van der Waals surface area contributed by atoms with Gasteiger partial charge in [-0.1, -0.05) is 0 Å². The Morgan fingerprint density at radius 3 is 2.70 bits per heavy atom. The third-order valence-corrected chi connectivity index (χ3v) is 6.71. The zero-order chi connectivity index (χ0) is 22.9. The van der Waals surface area contributed by atoms with Gasteiger partial charge in [0, 0.05) is 30.5 Å². The molecule has 0 N–H and O–H groups in total. The Bertz CT molecular complexity index is 1230. The number of hydrogen-bond acceptors (Lipinski definition) is 4. The Kier molecular flexibility index (Phi) is 5.81. The van der Waals surface area contributed by atoms with Crippen molar-refractivity contribution in [1.82, 2.24) is 14.8 Å². The minimum Gasteiger partial charge on any atom is -0.272 e. The summed E-state index contributed by atoms with van der Waals surface area (Å²) in [6.07, 6.45) is 5.71. The molecule has 170 valence electrons. The summed E-state index contributed by atoms with van der Waals surface area (Å²) in [5.74, 6) is -0.580. The van der Waals surface area contributed by atoms with Crippen molar-refractivity contribution in [2.75, 3.05) is 6.61 Å². The zero-order valence-corrected chi connectivity index (χ0v) is 18.1. The van der Waals surface area contributed by atoms with Gasteiger partial charge in [-0.3, -0.25) is 14.3 Å². The van der Waals surface area contributed by atoms with Crippen molar-refractivity contribution < 1.29 is 18.4 Å². The van der Waals surface area contributed by atoms with E-state index in [2.05, 4.69) is 5.10 Å². The van der Waals surface area contributed by atoms with Crippen LogP contribution in [0, 0.1) is 34.8 Å². The van der Waals surface area contributed by atoms with Crippen LogP contribution in [0.25, 0.3) is 10.9 Å². The van der Waals surface area contributed by atoms with E-state index < -0.39 is 5.82 Å². The summed E-state index contributed by atoms with van der Waals surface area (Å²) in [5.41, 5.74) is 1.60. The topological polar surface area (TPSA) is 71.2 Å². The van der Waals surface area contributed by atoms with Crippen molar-refractivity contribution in [3.8, 4) is 6.07 Å². The fraction of sp³-hybridized carbons (Fsp3) is 0.400. The second-order valence-electron chi connectivity index (χ2n) is 8.96. The van der Waals surface area contributed by atoms with Crippen molar-refractivity contribution in [2.45, 2.75) is 44.7 Å². The highest BCUT2D eigenvalue weighted by Crippen LogP contribution is 2.37. The molecule has 1 aromatic heterocycles. The van der Waals surface area contributed by atoms with Gasteiger partial charge < -0.3 is 0 Å². The quantitative estimate of drug-likeness (QED) is 0.567. The summed E-state index contributed by atoms with van der Waals surface area (Å²) >= 11 is 0. The minimum atomic E-state index is -0.488. The second kappa shape index (κ2) is 8.91. The van der Waals surface area contributed by atoms with Gasteiger partial charge in [-0.15, -0.1) is 0 Å². The van der Waals surface area contributed by atoms with Gasteiger partial charge in [0.1, 0.15) is 11.6 Å². The standard InChI is InChI=1S/C25H24F2N4O2/c26-21-5-6-23-20(12-21)15-30(29-23)14-16-1-3-18(4-2-16)25(32)31-24(7-8-33-31)19-9-17(13-28)10-22(27)11-19/h5-6,9-12,15-16,18,24H,1-4,7-8,14H2/t16-,18-,24-/m0/s1. The van der Waals surface area contributed by atoms with Crippen molar-refractivity contribution in [1.29, 1.82) is 5.26 Å². The molecule has 5 rings (SSSR count). The summed E-state index contributed by atoms with van der Waals surface area (Å²) in [5, 5.41) is 15.9. The number of amides is 1. The number of halogens is 2. The number of hydrogen-bond donors (Lipinski definition) is 0. The van der Waals surface area contributed by atoms with Crippen LogP contribution in [0.1, 0.15) is 49.3 Å². The molecule has 2 aliphatic rings. The second-order valence-corrected chi connectivity index (χ2v) is 8.96. The largest absolute Gasteiger partial charge is 0.272 e. The first kappa shape index (κ1) is 21.5. The van der Waals surface area contributed by atoms with E-state index in [0.717, 1.165) is 43.1 Å². The van der Waals surface area contributed by atoms with Crippen LogP contribution in [0.4, 0.5) is 8.78 Å². The van der Waals surface area contributed by atoms with E-state index in [1.165, 1.54) is 29.3 Å². The highest BCUT2D eigenvalue weighted by atomic mass is 19.1. The van der Waals surface area contributed by atoms with E-state index in [-0.39, 0.29) is 29.2 Å². The normalized spacial score (nSPS) is 23.1. The number of hydroxylamine groups is 2. The summed E-state index contributed by atoms with van der Waals surface area (Å²) < 4.78 is 29.2. The molecule has 33 heavy (non-hydrogen) atoms. The van der Waals surface area contributed by atoms with Crippen molar-refractivity contribution in [3.63, 3.8) is 0 Å². The first-order chi connectivity index (χ1) is 16.0. The first-order valence-corrected chi connectivity index (χ1v) is 11.3. The number of aromatic nitrogens is 2. The highest BCUT2D eigenvalue weighted by molar-refractivity contribution is 5.79. The molecule has 1 saturated heterocycles. The number of nitrogens with zero attached hydrogens (tertiary/aromatic N) is 4. The van der Waals surface area contributed by atoms with Crippen LogP contribution in [0.3, 0.4) is 0 Å². The van der Waals surface area contributed by atoms with E-state index in [4.69, 9.17) is 10.1 Å². The molecular formula is C25H24F2N4O2. The maximum atomic E-state index is 13.9. The van der Waals surface area contributed by atoms with E-state index >= 15 is 0 Å². The Morgan fingerprint density at radius 2 is 1.91 bits per heavy atom. The number of benzene rings is 2. The van der Waals surface area contributed by atoms with E-state index in [0.29, 0.717) is 24.5 Å². The van der Waals surface area contributed by atoms with Crippen molar-refractivity contribution >= 4 is 16.8 Å². The molecule has 2 aromatic carbocycles. The van der Waals surface area contributed by atoms with Crippen LogP contribution < -0.4 is 0 Å². The lowest BCUT2D eigenvalue weighted by molar-refractivity contribution is -0.183. The van der Waals surface area contributed by atoms with Crippen LogP contribution in [0.5, 0.6) is 0 Å². The Labute approximate surface area is 190 Å². The number of nitriles is 1. The van der Waals surface area contributed by atoms with Crippen molar-refractivity contribution in [3.05, 3.63) is 65.4 Å². The monoisotopic (exact) mass is 450 g/mol. The van der Waals surface area contributed by atoms with Crippen LogP contribution in [-0.2, 0) is 16.2 Å². The molecule has 6 nitrogen and oxygen atoms in total. The number of rotatable bonds is 4. The maximum absolute atomic E-state index is 13.9. The highest BCUT2D eigenvalue weighted by Gasteiger charge is 2.37. The molecule has 0 radical (unpaired) electrons. The summed E-state index contributed by atoms with van der Waals surface area (Å²) in [6.45, 7) is 1.12. The smallest absolute Gasteiger partial charge is 0.249 e. The van der Waals surface area contributed by atoms with Crippen LogP contribution >= 0.6 is 0 Å². The van der Waals surface area contributed by atoms with E-state index in [1.54, 1.807) is 12.1 Å². The molecule has 0 unspecified atom stereocenters. The first-order valence-electron chi connectivity index (χ1n) is 11.3.